The third kappa shape index (κ3) is 36.0. The van der Waals surface area contributed by atoms with E-state index in [1.54, 1.807) is 0 Å². The number of rotatable bonds is 36. The van der Waals surface area contributed by atoms with Gasteiger partial charge in [-0.15, -0.1) is 0 Å². The molecule has 0 aliphatic heterocycles. The van der Waals surface area contributed by atoms with Crippen LogP contribution in [0.2, 0.25) is 0 Å². The van der Waals surface area contributed by atoms with Crippen LogP contribution in [-0.2, 0) is 9.47 Å². The summed E-state index contributed by atoms with van der Waals surface area (Å²) in [4.78, 5) is 0. The average Bonchev–Trinajstić information content (AvgIpc) is 2.99. The number of likely N-dealkylation sites (N-methyl/N-ethyl adjacent to an activating group) is 1. The monoisotopic (exact) mass is 635 g/mol. The summed E-state index contributed by atoms with van der Waals surface area (Å²) in [5.74, 6) is -0.484. The summed E-state index contributed by atoms with van der Waals surface area (Å²) in [5, 5.41) is 0. The largest absolute Gasteiger partial charge is 0.345 e. The van der Waals surface area contributed by atoms with Crippen LogP contribution in [0.5, 0.6) is 0 Å². The van der Waals surface area contributed by atoms with Crippen molar-refractivity contribution < 1.29 is 14.0 Å². The molecule has 0 amide bonds. The number of hydrogen-bond acceptors (Lipinski definition) is 2. The number of nitrogens with zero attached hydrogens (tertiary/aromatic N) is 1. The van der Waals surface area contributed by atoms with Gasteiger partial charge in [0.05, 0.1) is 34.4 Å². The first-order valence-corrected chi connectivity index (χ1v) is 20.2. The summed E-state index contributed by atoms with van der Waals surface area (Å²) in [7, 11) is 6.70. The third-order valence-electron chi connectivity index (χ3n) is 8.89. The second-order valence-corrected chi connectivity index (χ2v) is 15.2. The van der Waals surface area contributed by atoms with Crippen LogP contribution in [0, 0.1) is 0 Å². The molecule has 0 N–H and O–H groups in total. The van der Waals surface area contributed by atoms with Gasteiger partial charge in [-0.2, -0.15) is 0 Å². The van der Waals surface area contributed by atoms with Crippen molar-refractivity contribution in [3.05, 3.63) is 24.3 Å². The fourth-order valence-corrected chi connectivity index (χ4v) is 6.27. The van der Waals surface area contributed by atoms with Crippen LogP contribution >= 0.6 is 0 Å². The summed E-state index contributed by atoms with van der Waals surface area (Å²) in [5.41, 5.74) is 0. The molecule has 0 rings (SSSR count). The Hall–Kier alpha value is -0.640. The van der Waals surface area contributed by atoms with Crippen molar-refractivity contribution in [2.45, 2.75) is 206 Å². The van der Waals surface area contributed by atoms with Crippen LogP contribution in [0.1, 0.15) is 201 Å². The highest BCUT2D eigenvalue weighted by Gasteiger charge is 2.32. The normalized spacial score (nSPS) is 12.8. The molecule has 0 spiro atoms. The highest BCUT2D eigenvalue weighted by molar-refractivity contribution is 4.82. The van der Waals surface area contributed by atoms with Crippen molar-refractivity contribution in [2.24, 2.45) is 0 Å². The minimum absolute atomic E-state index is 0.484. The molecule has 0 saturated carbocycles. The molecular formula is C42H84NO2+. The first kappa shape index (κ1) is 44.4. The SMILES string of the molecule is CCCCCCCC/C=C\CCCCCCCCOC(C)(C[N+](C)(C)C)OCCCCCCCC/C=C\CCCCCCCC. The van der Waals surface area contributed by atoms with Crippen molar-refractivity contribution in [2.75, 3.05) is 40.9 Å². The molecule has 0 aromatic heterocycles. The lowest BCUT2D eigenvalue weighted by Crippen LogP contribution is -2.51. The van der Waals surface area contributed by atoms with E-state index in [-0.39, 0.29) is 0 Å². The Morgan fingerprint density at radius 1 is 0.400 bits per heavy atom. The molecule has 0 fully saturated rings. The Morgan fingerprint density at radius 2 is 0.667 bits per heavy atom. The second-order valence-electron chi connectivity index (χ2n) is 15.2. The van der Waals surface area contributed by atoms with Crippen LogP contribution in [0.3, 0.4) is 0 Å². The summed E-state index contributed by atoms with van der Waals surface area (Å²) < 4.78 is 13.7. The first-order valence-electron chi connectivity index (χ1n) is 20.2. The predicted octanol–water partition coefficient (Wildman–Crippen LogP) is 13.5. The molecular weight excluding hydrogens is 550 g/mol. The number of allylic oxidation sites excluding steroid dienone is 4. The van der Waals surface area contributed by atoms with Crippen molar-refractivity contribution in [1.82, 2.24) is 0 Å². The highest BCUT2D eigenvalue weighted by Crippen LogP contribution is 2.19. The molecule has 0 aromatic carbocycles. The van der Waals surface area contributed by atoms with E-state index in [0.717, 1.165) is 37.1 Å². The maximum atomic E-state index is 6.40. The van der Waals surface area contributed by atoms with Crippen LogP contribution in [-0.4, -0.2) is 51.2 Å². The molecule has 45 heavy (non-hydrogen) atoms. The number of ether oxygens (including phenoxy) is 2. The standard InChI is InChI=1S/C42H84NO2/c1-7-9-11-13-15-17-19-21-23-25-27-29-31-33-35-37-39-44-42(3,41-43(4,5)6)45-40-38-36-34-32-30-28-26-24-22-20-18-16-14-12-10-8-2/h21-24H,7-20,25-41H2,1-6H3/q+1/b23-21-,24-22-. The topological polar surface area (TPSA) is 18.5 Å². The van der Waals surface area contributed by atoms with E-state index >= 15 is 0 Å². The van der Waals surface area contributed by atoms with Gasteiger partial charge in [0.2, 0.25) is 5.79 Å². The zero-order valence-corrected chi connectivity index (χ0v) is 32.0. The van der Waals surface area contributed by atoms with Crippen molar-refractivity contribution in [3.63, 3.8) is 0 Å². The number of quaternary nitrogens is 1. The zero-order chi connectivity index (χ0) is 33.2. The fraction of sp³-hybridized carbons (Fsp3) is 0.905. The van der Waals surface area contributed by atoms with E-state index in [2.05, 4.69) is 66.2 Å². The Kier molecular flexibility index (Phi) is 32.8. The lowest BCUT2D eigenvalue weighted by Gasteiger charge is -2.36. The molecule has 0 saturated heterocycles. The predicted molar refractivity (Wildman–Crippen MR) is 202 cm³/mol. The van der Waals surface area contributed by atoms with Crippen LogP contribution in [0.4, 0.5) is 0 Å². The summed E-state index contributed by atoms with van der Waals surface area (Å²) >= 11 is 0. The fourth-order valence-electron chi connectivity index (χ4n) is 6.27. The summed E-state index contributed by atoms with van der Waals surface area (Å²) in [6.45, 7) is 9.24. The van der Waals surface area contributed by atoms with E-state index in [1.165, 1.54) is 167 Å². The second kappa shape index (κ2) is 33.3. The Bertz CT molecular complexity index is 591. The smallest absolute Gasteiger partial charge is 0.215 e. The highest BCUT2D eigenvalue weighted by atomic mass is 16.7. The van der Waals surface area contributed by atoms with E-state index in [9.17, 15) is 0 Å². The molecule has 3 heteroatoms. The number of hydrogen-bond donors (Lipinski definition) is 0. The van der Waals surface area contributed by atoms with Gasteiger partial charge in [0.15, 0.2) is 0 Å². The average molecular weight is 635 g/mol. The Morgan fingerprint density at radius 3 is 0.956 bits per heavy atom. The van der Waals surface area contributed by atoms with E-state index in [0.29, 0.717) is 0 Å². The van der Waals surface area contributed by atoms with Gasteiger partial charge in [-0.05, 0) is 71.1 Å². The van der Waals surface area contributed by atoms with Gasteiger partial charge in [-0.3, -0.25) is 0 Å². The van der Waals surface area contributed by atoms with Crippen LogP contribution in [0.15, 0.2) is 24.3 Å². The third-order valence-corrected chi connectivity index (χ3v) is 8.89. The van der Waals surface area contributed by atoms with Gasteiger partial charge >= 0.3 is 0 Å². The van der Waals surface area contributed by atoms with Gasteiger partial charge in [-0.1, -0.05) is 154 Å². The molecule has 0 aliphatic carbocycles. The Balaban J connectivity index is 3.78. The first-order chi connectivity index (χ1) is 21.8. The van der Waals surface area contributed by atoms with Gasteiger partial charge in [0, 0.05) is 0 Å². The minimum atomic E-state index is -0.484. The van der Waals surface area contributed by atoms with Crippen molar-refractivity contribution in [1.29, 1.82) is 0 Å². The van der Waals surface area contributed by atoms with Gasteiger partial charge < -0.3 is 14.0 Å². The lowest BCUT2D eigenvalue weighted by molar-refractivity contribution is -0.881. The van der Waals surface area contributed by atoms with Crippen LogP contribution in [0.25, 0.3) is 0 Å². The van der Waals surface area contributed by atoms with Crippen molar-refractivity contribution in [3.8, 4) is 0 Å². The maximum Gasteiger partial charge on any atom is 0.215 e. The van der Waals surface area contributed by atoms with Crippen LogP contribution < -0.4 is 0 Å². The molecule has 268 valence electrons. The molecule has 0 unspecified atom stereocenters. The van der Waals surface area contributed by atoms with E-state index in [4.69, 9.17) is 9.47 Å². The minimum Gasteiger partial charge on any atom is -0.345 e. The summed E-state index contributed by atoms with van der Waals surface area (Å²) in [6.07, 6.45) is 47.1. The van der Waals surface area contributed by atoms with Gasteiger partial charge in [0.25, 0.3) is 0 Å². The van der Waals surface area contributed by atoms with E-state index in [1.807, 2.05) is 0 Å². The molecule has 0 aliphatic rings. The molecule has 0 atom stereocenters. The molecule has 0 heterocycles. The quantitative estimate of drug-likeness (QED) is 0.0295. The zero-order valence-electron chi connectivity index (χ0n) is 32.0. The van der Waals surface area contributed by atoms with E-state index < -0.39 is 5.79 Å². The Labute approximate surface area is 285 Å². The van der Waals surface area contributed by atoms with Gasteiger partial charge in [0.1, 0.15) is 6.54 Å². The summed E-state index contributed by atoms with van der Waals surface area (Å²) in [6, 6.07) is 0. The van der Waals surface area contributed by atoms with Gasteiger partial charge in [-0.25, -0.2) is 0 Å². The maximum absolute atomic E-state index is 6.40. The molecule has 3 nitrogen and oxygen atoms in total. The molecule has 0 aromatic rings. The number of unbranched alkanes of at least 4 members (excludes halogenated alkanes) is 24. The molecule has 0 radical (unpaired) electrons. The molecule has 0 bridgehead atoms. The van der Waals surface area contributed by atoms with Crippen molar-refractivity contribution >= 4 is 0 Å². The lowest BCUT2D eigenvalue weighted by atomic mass is 10.1.